The van der Waals surface area contributed by atoms with Crippen LogP contribution in [0.15, 0.2) is 52.4 Å². The summed E-state index contributed by atoms with van der Waals surface area (Å²) in [5.74, 6) is -4.09. The van der Waals surface area contributed by atoms with Gasteiger partial charge >= 0.3 is 6.18 Å². The van der Waals surface area contributed by atoms with Crippen LogP contribution in [0.3, 0.4) is 0 Å². The Kier molecular flexibility index (Phi) is 7.01. The average Bonchev–Trinajstić information content (AvgIpc) is 2.73. The maximum Gasteiger partial charge on any atom is 0.416 e. The normalized spacial score (nSPS) is 12.0. The number of alkyl halides is 5. The SMILES string of the molecule is Cc1ccc(C(F)(F)CNC(=O)c2nc(C)nnc2Sc2ccc(C(F)(F)F)cc2)c(C)c1. The van der Waals surface area contributed by atoms with Crippen molar-refractivity contribution < 1.29 is 26.7 Å². The summed E-state index contributed by atoms with van der Waals surface area (Å²) in [6, 6.07) is 8.72. The van der Waals surface area contributed by atoms with E-state index in [-0.39, 0.29) is 22.1 Å². The predicted molar refractivity (Wildman–Crippen MR) is 112 cm³/mol. The van der Waals surface area contributed by atoms with Gasteiger partial charge in [0, 0.05) is 10.5 Å². The summed E-state index contributed by atoms with van der Waals surface area (Å²) in [4.78, 5) is 17.0. The van der Waals surface area contributed by atoms with Crippen LogP contribution in [0.5, 0.6) is 0 Å². The molecular formula is C22H19F5N4OS. The number of halogens is 5. The molecule has 0 radical (unpaired) electrons. The number of rotatable bonds is 6. The molecule has 0 unspecified atom stereocenters. The van der Waals surface area contributed by atoms with Crippen molar-refractivity contribution in [3.8, 4) is 0 Å². The number of hydrogen-bond donors (Lipinski definition) is 1. The summed E-state index contributed by atoms with van der Waals surface area (Å²) in [5, 5.41) is 9.79. The molecular weight excluding hydrogens is 463 g/mol. The average molecular weight is 482 g/mol. The van der Waals surface area contributed by atoms with Crippen molar-refractivity contribution in [3.05, 3.63) is 76.2 Å². The van der Waals surface area contributed by atoms with E-state index in [2.05, 4.69) is 20.5 Å². The lowest BCUT2D eigenvalue weighted by Crippen LogP contribution is -2.36. The smallest absolute Gasteiger partial charge is 0.344 e. The van der Waals surface area contributed by atoms with E-state index in [1.54, 1.807) is 26.0 Å². The second-order valence-corrected chi connectivity index (χ2v) is 8.40. The number of nitrogens with one attached hydrogen (secondary N) is 1. The lowest BCUT2D eigenvalue weighted by atomic mass is 10.0. The molecule has 0 atom stereocenters. The van der Waals surface area contributed by atoms with Gasteiger partial charge < -0.3 is 5.32 Å². The quantitative estimate of drug-likeness (QED) is 0.471. The molecule has 174 valence electrons. The Morgan fingerprint density at radius 2 is 1.64 bits per heavy atom. The van der Waals surface area contributed by atoms with Gasteiger partial charge in [0.1, 0.15) is 5.82 Å². The third-order valence-corrected chi connectivity index (χ3v) is 5.60. The summed E-state index contributed by atoms with van der Waals surface area (Å²) in [6.45, 7) is 3.86. The molecule has 0 aliphatic heterocycles. The summed E-state index contributed by atoms with van der Waals surface area (Å²) < 4.78 is 67.7. The Morgan fingerprint density at radius 1 is 0.970 bits per heavy atom. The van der Waals surface area contributed by atoms with E-state index in [1.807, 2.05) is 0 Å². The first-order valence-corrected chi connectivity index (χ1v) is 10.5. The molecule has 3 aromatic rings. The highest BCUT2D eigenvalue weighted by atomic mass is 32.2. The molecule has 0 saturated carbocycles. The van der Waals surface area contributed by atoms with Gasteiger partial charge in [0.25, 0.3) is 11.8 Å². The van der Waals surface area contributed by atoms with E-state index < -0.39 is 30.1 Å². The standard InChI is InChI=1S/C22H19F5N4OS/c1-12-4-9-17(13(2)10-12)21(23,24)11-28-19(32)18-20(31-30-14(3)29-18)33-16-7-5-15(6-8-16)22(25,26)27/h4-10H,11H2,1-3H3,(H,28,32). The highest BCUT2D eigenvalue weighted by Gasteiger charge is 2.34. The maximum absolute atomic E-state index is 14.7. The number of amides is 1. The molecule has 0 saturated heterocycles. The van der Waals surface area contributed by atoms with Crippen LogP contribution in [0, 0.1) is 20.8 Å². The lowest BCUT2D eigenvalue weighted by molar-refractivity contribution is -0.137. The Bertz CT molecular complexity index is 1170. The molecule has 0 aliphatic rings. The van der Waals surface area contributed by atoms with Crippen LogP contribution in [-0.2, 0) is 12.1 Å². The molecule has 1 aromatic heterocycles. The summed E-state index contributed by atoms with van der Waals surface area (Å²) in [7, 11) is 0. The largest absolute Gasteiger partial charge is 0.416 e. The van der Waals surface area contributed by atoms with Crippen LogP contribution in [0.2, 0.25) is 0 Å². The van der Waals surface area contributed by atoms with Gasteiger partial charge in [-0.2, -0.15) is 22.0 Å². The number of aromatic nitrogens is 3. The van der Waals surface area contributed by atoms with Crippen LogP contribution in [0.1, 0.15) is 38.6 Å². The van der Waals surface area contributed by atoms with E-state index >= 15 is 0 Å². The number of hydrogen-bond acceptors (Lipinski definition) is 5. The van der Waals surface area contributed by atoms with Gasteiger partial charge in [0.05, 0.1) is 12.1 Å². The van der Waals surface area contributed by atoms with E-state index in [4.69, 9.17) is 0 Å². The minimum atomic E-state index is -4.49. The third-order valence-electron chi connectivity index (χ3n) is 4.62. The molecule has 0 aliphatic carbocycles. The van der Waals surface area contributed by atoms with Crippen molar-refractivity contribution in [2.75, 3.05) is 6.54 Å². The van der Waals surface area contributed by atoms with E-state index in [1.165, 1.54) is 25.1 Å². The van der Waals surface area contributed by atoms with E-state index in [0.29, 0.717) is 10.5 Å². The summed E-state index contributed by atoms with van der Waals surface area (Å²) in [5.41, 5.74) is -0.0453. The van der Waals surface area contributed by atoms with Gasteiger partial charge in [-0.1, -0.05) is 35.5 Å². The van der Waals surface area contributed by atoms with Gasteiger partial charge in [0.15, 0.2) is 10.7 Å². The van der Waals surface area contributed by atoms with Crippen molar-refractivity contribution >= 4 is 17.7 Å². The number of benzene rings is 2. The van der Waals surface area contributed by atoms with Crippen LogP contribution >= 0.6 is 11.8 Å². The number of nitrogens with zero attached hydrogens (tertiary/aromatic N) is 3. The second kappa shape index (κ2) is 9.42. The third kappa shape index (κ3) is 6.04. The fraction of sp³-hybridized carbons (Fsp3) is 0.273. The molecule has 11 heteroatoms. The van der Waals surface area contributed by atoms with Crippen molar-refractivity contribution in [2.24, 2.45) is 0 Å². The van der Waals surface area contributed by atoms with Crippen molar-refractivity contribution in [2.45, 2.75) is 42.8 Å². The molecule has 3 rings (SSSR count). The monoisotopic (exact) mass is 482 g/mol. The summed E-state index contributed by atoms with van der Waals surface area (Å²) >= 11 is 0.853. The molecule has 2 aromatic carbocycles. The van der Waals surface area contributed by atoms with Gasteiger partial charge in [-0.25, -0.2) is 4.98 Å². The highest BCUT2D eigenvalue weighted by Crippen LogP contribution is 2.34. The van der Waals surface area contributed by atoms with Gasteiger partial charge in [0.2, 0.25) is 0 Å². The second-order valence-electron chi connectivity index (χ2n) is 7.34. The first-order chi connectivity index (χ1) is 15.4. The van der Waals surface area contributed by atoms with Gasteiger partial charge in [-0.05, 0) is 50.6 Å². The molecule has 5 nitrogen and oxygen atoms in total. The number of aryl methyl sites for hydroxylation is 3. The minimum Gasteiger partial charge on any atom is -0.344 e. The Hall–Kier alpha value is -3.08. The van der Waals surface area contributed by atoms with Gasteiger partial charge in [-0.15, -0.1) is 10.2 Å². The molecule has 33 heavy (non-hydrogen) atoms. The number of carbonyl (C=O) groups excluding carboxylic acids is 1. The minimum absolute atomic E-state index is 0.0207. The Morgan fingerprint density at radius 3 is 2.24 bits per heavy atom. The van der Waals surface area contributed by atoms with E-state index in [0.717, 1.165) is 29.5 Å². The highest BCUT2D eigenvalue weighted by molar-refractivity contribution is 7.99. The molecule has 1 N–H and O–H groups in total. The first kappa shape index (κ1) is 24.6. The Labute approximate surface area is 190 Å². The molecule has 1 amide bonds. The van der Waals surface area contributed by atoms with Crippen LogP contribution in [0.25, 0.3) is 0 Å². The molecule has 1 heterocycles. The number of carbonyl (C=O) groups is 1. The Balaban J connectivity index is 1.78. The van der Waals surface area contributed by atoms with Gasteiger partial charge in [-0.3, -0.25) is 4.79 Å². The zero-order chi connectivity index (χ0) is 24.4. The zero-order valence-corrected chi connectivity index (χ0v) is 18.6. The topological polar surface area (TPSA) is 67.8 Å². The zero-order valence-electron chi connectivity index (χ0n) is 17.8. The predicted octanol–water partition coefficient (Wildman–Crippen LogP) is 5.49. The molecule has 0 bridgehead atoms. The maximum atomic E-state index is 14.7. The fourth-order valence-corrected chi connectivity index (χ4v) is 3.84. The molecule has 0 fully saturated rings. The fourth-order valence-electron chi connectivity index (χ4n) is 3.03. The van der Waals surface area contributed by atoms with Crippen LogP contribution in [-0.4, -0.2) is 27.6 Å². The first-order valence-electron chi connectivity index (χ1n) is 9.67. The summed E-state index contributed by atoms with van der Waals surface area (Å²) in [6.07, 6.45) is -4.49. The van der Waals surface area contributed by atoms with Crippen molar-refractivity contribution in [1.82, 2.24) is 20.5 Å². The van der Waals surface area contributed by atoms with Crippen molar-refractivity contribution in [3.63, 3.8) is 0 Å². The lowest BCUT2D eigenvalue weighted by Gasteiger charge is -2.20. The molecule has 0 spiro atoms. The van der Waals surface area contributed by atoms with Crippen molar-refractivity contribution in [1.29, 1.82) is 0 Å². The van der Waals surface area contributed by atoms with Crippen LogP contribution in [0.4, 0.5) is 22.0 Å². The van der Waals surface area contributed by atoms with E-state index in [9.17, 15) is 26.7 Å². The van der Waals surface area contributed by atoms with Crippen LogP contribution < -0.4 is 5.32 Å².